The van der Waals surface area contributed by atoms with Gasteiger partial charge in [0.15, 0.2) is 0 Å². The number of aromatic hydroxyl groups is 1. The summed E-state index contributed by atoms with van der Waals surface area (Å²) >= 11 is 6.03. The molecule has 26 heavy (non-hydrogen) atoms. The quantitative estimate of drug-likeness (QED) is 0.749. The van der Waals surface area contributed by atoms with Gasteiger partial charge in [0.2, 0.25) is 5.91 Å². The van der Waals surface area contributed by atoms with Crippen molar-refractivity contribution in [3.63, 3.8) is 0 Å². The molecule has 0 aliphatic carbocycles. The number of nitrogens with one attached hydrogen (secondary N) is 2. The van der Waals surface area contributed by atoms with E-state index in [1.807, 2.05) is 6.07 Å². The summed E-state index contributed by atoms with van der Waals surface area (Å²) < 4.78 is 0. The Morgan fingerprint density at radius 3 is 2.58 bits per heavy atom. The van der Waals surface area contributed by atoms with Crippen LogP contribution < -0.4 is 10.6 Å². The van der Waals surface area contributed by atoms with E-state index < -0.39 is 5.91 Å². The predicted molar refractivity (Wildman–Crippen MR) is 98.9 cm³/mol. The predicted octanol–water partition coefficient (Wildman–Crippen LogP) is 3.44. The van der Waals surface area contributed by atoms with Gasteiger partial charge in [-0.05, 0) is 30.3 Å². The number of carbonyl (C=O) groups is 2. The lowest BCUT2D eigenvalue weighted by Crippen LogP contribution is -2.23. The second kappa shape index (κ2) is 8.37. The SMILES string of the molecule is CC(C)C(=O)Nc1cc(Cl)cc(C(=O)NCc2ccc(C#N)cc2O)c1. The number of halogens is 1. The first-order valence-corrected chi connectivity index (χ1v) is 8.29. The number of rotatable bonds is 5. The van der Waals surface area contributed by atoms with Gasteiger partial charge in [0, 0.05) is 34.3 Å². The maximum atomic E-state index is 12.4. The molecule has 2 amide bonds. The molecule has 2 aromatic rings. The maximum Gasteiger partial charge on any atom is 0.251 e. The van der Waals surface area contributed by atoms with Crippen LogP contribution in [0, 0.1) is 17.2 Å². The summed E-state index contributed by atoms with van der Waals surface area (Å²) in [6.45, 7) is 3.60. The average Bonchev–Trinajstić information content (AvgIpc) is 2.59. The van der Waals surface area contributed by atoms with E-state index >= 15 is 0 Å². The number of carbonyl (C=O) groups excluding carboxylic acids is 2. The Morgan fingerprint density at radius 2 is 1.96 bits per heavy atom. The molecule has 7 heteroatoms. The summed E-state index contributed by atoms with van der Waals surface area (Å²) in [5.74, 6) is -0.858. The molecule has 0 saturated carbocycles. The molecule has 0 aromatic heterocycles. The molecule has 0 aliphatic heterocycles. The number of nitrogens with zero attached hydrogens (tertiary/aromatic N) is 1. The first-order valence-electron chi connectivity index (χ1n) is 7.92. The molecular formula is C19H18ClN3O3. The number of hydrogen-bond donors (Lipinski definition) is 3. The second-order valence-corrected chi connectivity index (χ2v) is 6.45. The molecule has 2 aromatic carbocycles. The van der Waals surface area contributed by atoms with Crippen LogP contribution in [0.25, 0.3) is 0 Å². The molecule has 2 rings (SSSR count). The molecule has 0 fully saturated rings. The van der Waals surface area contributed by atoms with Crippen molar-refractivity contribution in [3.05, 3.63) is 58.1 Å². The van der Waals surface area contributed by atoms with E-state index in [9.17, 15) is 14.7 Å². The molecule has 0 atom stereocenters. The van der Waals surface area contributed by atoms with Crippen LogP contribution in [-0.2, 0) is 11.3 Å². The third kappa shape index (κ3) is 4.98. The van der Waals surface area contributed by atoms with Crippen molar-refractivity contribution in [3.8, 4) is 11.8 Å². The normalized spacial score (nSPS) is 10.3. The third-order valence-corrected chi connectivity index (χ3v) is 3.82. The fourth-order valence-electron chi connectivity index (χ4n) is 2.14. The van der Waals surface area contributed by atoms with Gasteiger partial charge >= 0.3 is 0 Å². The summed E-state index contributed by atoms with van der Waals surface area (Å²) in [5, 5.41) is 24.4. The van der Waals surface area contributed by atoms with E-state index in [0.717, 1.165) is 0 Å². The van der Waals surface area contributed by atoms with Crippen LogP contribution in [0.4, 0.5) is 5.69 Å². The minimum Gasteiger partial charge on any atom is -0.508 e. The molecule has 3 N–H and O–H groups in total. The largest absolute Gasteiger partial charge is 0.508 e. The number of amides is 2. The highest BCUT2D eigenvalue weighted by molar-refractivity contribution is 6.31. The van der Waals surface area contributed by atoms with Crippen molar-refractivity contribution in [1.29, 1.82) is 5.26 Å². The zero-order chi connectivity index (χ0) is 19.3. The van der Waals surface area contributed by atoms with Gasteiger partial charge in [0.25, 0.3) is 5.91 Å². The minimum atomic E-state index is -0.406. The van der Waals surface area contributed by atoms with Gasteiger partial charge in [-0.2, -0.15) is 5.26 Å². The maximum absolute atomic E-state index is 12.4. The molecule has 0 heterocycles. The fraction of sp³-hybridized carbons (Fsp3) is 0.211. The lowest BCUT2D eigenvalue weighted by atomic mass is 10.1. The summed E-state index contributed by atoms with van der Waals surface area (Å²) in [4.78, 5) is 24.2. The van der Waals surface area contributed by atoms with Crippen LogP contribution >= 0.6 is 11.6 Å². The number of phenolic OH excluding ortho intramolecular Hbond substituents is 1. The standard InChI is InChI=1S/C19H18ClN3O3/c1-11(2)18(25)23-16-7-14(6-15(20)8-16)19(26)22-10-13-4-3-12(9-21)5-17(13)24/h3-8,11,24H,10H2,1-2H3,(H,22,26)(H,23,25). The van der Waals surface area contributed by atoms with E-state index in [4.69, 9.17) is 16.9 Å². The van der Waals surface area contributed by atoms with Crippen molar-refractivity contribution in [1.82, 2.24) is 5.32 Å². The molecule has 0 radical (unpaired) electrons. The summed E-state index contributed by atoms with van der Waals surface area (Å²) in [6, 6.07) is 11.0. The lowest BCUT2D eigenvalue weighted by Gasteiger charge is -2.11. The highest BCUT2D eigenvalue weighted by atomic mass is 35.5. The van der Waals surface area contributed by atoms with E-state index in [0.29, 0.717) is 21.8 Å². The zero-order valence-electron chi connectivity index (χ0n) is 14.3. The molecule has 0 unspecified atom stereocenters. The number of benzene rings is 2. The fourth-order valence-corrected chi connectivity index (χ4v) is 2.38. The first kappa shape index (κ1) is 19.3. The van der Waals surface area contributed by atoms with E-state index in [2.05, 4.69) is 10.6 Å². The van der Waals surface area contributed by atoms with Crippen molar-refractivity contribution >= 4 is 29.1 Å². The van der Waals surface area contributed by atoms with E-state index in [-0.39, 0.29) is 29.7 Å². The molecular weight excluding hydrogens is 354 g/mol. The van der Waals surface area contributed by atoms with Crippen molar-refractivity contribution in [2.45, 2.75) is 20.4 Å². The Balaban J connectivity index is 2.11. The zero-order valence-corrected chi connectivity index (χ0v) is 15.1. The van der Waals surface area contributed by atoms with Crippen LogP contribution in [0.15, 0.2) is 36.4 Å². The monoisotopic (exact) mass is 371 g/mol. The Bertz CT molecular complexity index is 888. The van der Waals surface area contributed by atoms with Crippen LogP contribution in [0.3, 0.4) is 0 Å². The number of anilines is 1. The van der Waals surface area contributed by atoms with Crippen molar-refractivity contribution in [2.75, 3.05) is 5.32 Å². The molecule has 0 spiro atoms. The van der Waals surface area contributed by atoms with Crippen molar-refractivity contribution < 1.29 is 14.7 Å². The summed E-state index contributed by atoms with van der Waals surface area (Å²) in [7, 11) is 0. The van der Waals surface area contributed by atoms with Gasteiger partial charge in [-0.1, -0.05) is 31.5 Å². The summed E-state index contributed by atoms with van der Waals surface area (Å²) in [6.07, 6.45) is 0. The van der Waals surface area contributed by atoms with Crippen LogP contribution in [0.1, 0.15) is 35.3 Å². The van der Waals surface area contributed by atoms with E-state index in [1.165, 1.54) is 18.2 Å². The molecule has 0 saturated heterocycles. The molecule has 0 bridgehead atoms. The number of phenols is 1. The Hall–Kier alpha value is -3.04. The van der Waals surface area contributed by atoms with Gasteiger partial charge < -0.3 is 15.7 Å². The molecule has 134 valence electrons. The van der Waals surface area contributed by atoms with Gasteiger partial charge in [-0.15, -0.1) is 0 Å². The Morgan fingerprint density at radius 1 is 1.23 bits per heavy atom. The molecule has 0 aliphatic rings. The molecule has 6 nitrogen and oxygen atoms in total. The number of nitriles is 1. The Labute approximate surface area is 156 Å². The van der Waals surface area contributed by atoms with Gasteiger partial charge in [0.05, 0.1) is 11.6 Å². The average molecular weight is 372 g/mol. The van der Waals surface area contributed by atoms with E-state index in [1.54, 1.807) is 32.0 Å². The Kier molecular flexibility index (Phi) is 6.21. The summed E-state index contributed by atoms with van der Waals surface area (Å²) in [5.41, 5.74) is 1.53. The second-order valence-electron chi connectivity index (χ2n) is 6.01. The lowest BCUT2D eigenvalue weighted by molar-refractivity contribution is -0.118. The van der Waals surface area contributed by atoms with Gasteiger partial charge in [-0.25, -0.2) is 0 Å². The third-order valence-electron chi connectivity index (χ3n) is 3.61. The van der Waals surface area contributed by atoms with Crippen LogP contribution in [0.5, 0.6) is 5.75 Å². The highest BCUT2D eigenvalue weighted by Crippen LogP contribution is 2.21. The highest BCUT2D eigenvalue weighted by Gasteiger charge is 2.12. The van der Waals surface area contributed by atoms with Crippen LogP contribution in [0.2, 0.25) is 5.02 Å². The number of hydrogen-bond acceptors (Lipinski definition) is 4. The van der Waals surface area contributed by atoms with Gasteiger partial charge in [-0.3, -0.25) is 9.59 Å². The van der Waals surface area contributed by atoms with Crippen molar-refractivity contribution in [2.24, 2.45) is 5.92 Å². The minimum absolute atomic E-state index is 0.0691. The van der Waals surface area contributed by atoms with Gasteiger partial charge in [0.1, 0.15) is 5.75 Å². The first-order chi connectivity index (χ1) is 12.3. The topological polar surface area (TPSA) is 102 Å². The van der Waals surface area contributed by atoms with Crippen LogP contribution in [-0.4, -0.2) is 16.9 Å². The smallest absolute Gasteiger partial charge is 0.251 e.